The van der Waals surface area contributed by atoms with Gasteiger partial charge in [-0.15, -0.1) is 0 Å². The molecule has 10 nitrogen and oxygen atoms in total. The number of anilines is 1. The summed E-state index contributed by atoms with van der Waals surface area (Å²) in [6.45, 7) is 10.1. The monoisotopic (exact) mass is 764 g/mol. The van der Waals surface area contributed by atoms with Gasteiger partial charge in [0.1, 0.15) is 5.75 Å². The summed E-state index contributed by atoms with van der Waals surface area (Å²) < 4.78 is 41.9. The number of hydrogen-bond acceptors (Lipinski definition) is 8. The number of piperazine rings is 1. The van der Waals surface area contributed by atoms with E-state index in [-0.39, 0.29) is 29.2 Å². The molecule has 1 N–H and O–H groups in total. The van der Waals surface area contributed by atoms with Crippen LogP contribution in [-0.2, 0) is 31.4 Å². The van der Waals surface area contributed by atoms with Crippen LogP contribution in [0.4, 0.5) is 5.69 Å². The van der Waals surface area contributed by atoms with Gasteiger partial charge in [-0.3, -0.25) is 14.5 Å². The third-order valence-electron chi connectivity index (χ3n) is 13.4. The highest BCUT2D eigenvalue weighted by molar-refractivity contribution is 7.90. The molecule has 2 saturated heterocycles. The van der Waals surface area contributed by atoms with E-state index in [4.69, 9.17) is 21.1 Å². The minimum Gasteiger partial charge on any atom is -0.490 e. The second kappa shape index (κ2) is 14.8. The van der Waals surface area contributed by atoms with Crippen molar-refractivity contribution in [3.8, 4) is 5.75 Å². The molecule has 4 heterocycles. The van der Waals surface area contributed by atoms with E-state index in [1.165, 1.54) is 16.7 Å². The molecule has 3 fully saturated rings. The summed E-state index contributed by atoms with van der Waals surface area (Å²) in [6.07, 6.45) is 9.13. The summed E-state index contributed by atoms with van der Waals surface area (Å²) in [5.74, 6) is 0.527. The molecule has 286 valence electrons. The molecule has 1 saturated carbocycles. The number of halogens is 1. The number of morpholine rings is 1. The summed E-state index contributed by atoms with van der Waals surface area (Å²) in [5, 5.41) is -0.0302. The van der Waals surface area contributed by atoms with E-state index in [1.807, 2.05) is 36.1 Å². The molecular weight excluding hydrogens is 712 g/mol. The van der Waals surface area contributed by atoms with Gasteiger partial charge in [0.15, 0.2) is 0 Å². The Labute approximate surface area is 319 Å². The molecule has 0 aromatic heterocycles. The topological polar surface area (TPSA) is 108 Å². The Kier molecular flexibility index (Phi) is 10.3. The van der Waals surface area contributed by atoms with Crippen LogP contribution in [0.3, 0.4) is 0 Å². The molecule has 12 heteroatoms. The van der Waals surface area contributed by atoms with Gasteiger partial charge in [-0.05, 0) is 118 Å². The average molecular weight is 765 g/mol. The smallest absolute Gasteiger partial charge is 0.264 e. The second-order valence-electron chi connectivity index (χ2n) is 16.6. The summed E-state index contributed by atoms with van der Waals surface area (Å²) in [5.41, 5.74) is 4.52. The lowest BCUT2D eigenvalue weighted by atomic mass is 9.67. The first-order valence-electron chi connectivity index (χ1n) is 19.7. The van der Waals surface area contributed by atoms with Crippen molar-refractivity contribution in [2.75, 3.05) is 64.0 Å². The van der Waals surface area contributed by atoms with Crippen LogP contribution in [0.15, 0.2) is 48.0 Å². The maximum atomic E-state index is 14.0. The van der Waals surface area contributed by atoms with Crippen molar-refractivity contribution in [1.29, 1.82) is 0 Å². The number of allylic oxidation sites excluding steroid dienone is 1. The number of aryl methyl sites for hydroxylation is 1. The van der Waals surface area contributed by atoms with E-state index in [0.29, 0.717) is 56.5 Å². The Bertz CT molecular complexity index is 1890. The van der Waals surface area contributed by atoms with Gasteiger partial charge < -0.3 is 19.3 Å². The number of rotatable bonds is 1. The molecule has 8 rings (SSSR count). The number of ether oxygens (including phenoxy) is 2. The highest BCUT2D eigenvalue weighted by Gasteiger charge is 2.44. The van der Waals surface area contributed by atoms with Crippen LogP contribution >= 0.6 is 11.6 Å². The average Bonchev–Trinajstić information content (AvgIpc) is 3.28. The minimum atomic E-state index is -3.95. The van der Waals surface area contributed by atoms with Crippen molar-refractivity contribution in [3.63, 3.8) is 0 Å². The summed E-state index contributed by atoms with van der Waals surface area (Å²) in [7, 11) is -3.95. The number of fused-ring (bicyclic) bond motifs is 5. The highest BCUT2D eigenvalue weighted by Crippen LogP contribution is 2.48. The lowest BCUT2D eigenvalue weighted by Crippen LogP contribution is -2.58. The number of sulfonamides is 1. The van der Waals surface area contributed by atoms with Crippen molar-refractivity contribution < 1.29 is 27.5 Å². The fourth-order valence-corrected chi connectivity index (χ4v) is 11.3. The molecule has 2 aromatic carbocycles. The zero-order valence-corrected chi connectivity index (χ0v) is 32.6. The Morgan fingerprint density at radius 1 is 1.02 bits per heavy atom. The van der Waals surface area contributed by atoms with E-state index in [2.05, 4.69) is 26.7 Å². The fourth-order valence-electron chi connectivity index (χ4n) is 9.83. The van der Waals surface area contributed by atoms with Crippen LogP contribution in [0.2, 0.25) is 5.02 Å². The number of amides is 2. The number of carbonyl (C=O) groups excluding carboxylic acids is 2. The van der Waals surface area contributed by atoms with Gasteiger partial charge in [-0.25, -0.2) is 13.1 Å². The second-order valence-corrected chi connectivity index (χ2v) is 19.0. The number of carbonyl (C=O) groups is 2. The van der Waals surface area contributed by atoms with E-state index in [0.717, 1.165) is 81.9 Å². The van der Waals surface area contributed by atoms with E-state index >= 15 is 0 Å². The molecule has 2 bridgehead atoms. The van der Waals surface area contributed by atoms with E-state index < -0.39 is 21.2 Å². The SMILES string of the molecule is C[C@@H]1[C@@H](C)CCC/C(=C/C(=O)N2CCN3CCOC[C@H]3C2)[C@@H]2CC[C@H]2CN2C[C@@]3(CCCc4cc(Cl)ccc43)COc3ccc(cc32)C(=O)NS1(=O)=O. The Morgan fingerprint density at radius 2 is 1.89 bits per heavy atom. The van der Waals surface area contributed by atoms with Gasteiger partial charge in [-0.2, -0.15) is 0 Å². The van der Waals surface area contributed by atoms with Gasteiger partial charge in [0.25, 0.3) is 5.91 Å². The molecule has 6 atom stereocenters. The van der Waals surface area contributed by atoms with Gasteiger partial charge in [-0.1, -0.05) is 30.2 Å². The Balaban J connectivity index is 1.15. The molecule has 2 aromatic rings. The van der Waals surface area contributed by atoms with Crippen LogP contribution < -0.4 is 14.4 Å². The molecule has 1 spiro atoms. The maximum Gasteiger partial charge on any atom is 0.264 e. The molecular formula is C41H53ClN4O6S. The minimum absolute atomic E-state index is 0.0755. The molecule has 2 amide bonds. The van der Waals surface area contributed by atoms with Crippen LogP contribution in [0.25, 0.3) is 0 Å². The first-order valence-corrected chi connectivity index (χ1v) is 21.6. The zero-order valence-electron chi connectivity index (χ0n) is 31.0. The predicted octanol–water partition coefficient (Wildman–Crippen LogP) is 5.58. The lowest BCUT2D eigenvalue weighted by Gasteiger charge is -2.45. The van der Waals surface area contributed by atoms with Crippen LogP contribution in [0, 0.1) is 17.8 Å². The van der Waals surface area contributed by atoms with Crippen molar-refractivity contribution in [2.24, 2.45) is 17.8 Å². The Hall–Kier alpha value is -3.12. The molecule has 6 aliphatic rings. The summed E-state index contributed by atoms with van der Waals surface area (Å²) >= 11 is 6.48. The fraction of sp³-hybridized carbons (Fsp3) is 0.610. The van der Waals surface area contributed by atoms with E-state index in [1.54, 1.807) is 13.0 Å². The molecule has 53 heavy (non-hydrogen) atoms. The molecule has 4 aliphatic heterocycles. The summed E-state index contributed by atoms with van der Waals surface area (Å²) in [6, 6.07) is 11.8. The normalized spacial score (nSPS) is 32.7. The van der Waals surface area contributed by atoms with Crippen LogP contribution in [0.5, 0.6) is 5.75 Å². The third-order valence-corrected chi connectivity index (χ3v) is 15.5. The van der Waals surface area contributed by atoms with Crippen molar-refractivity contribution in [3.05, 3.63) is 69.8 Å². The Morgan fingerprint density at radius 3 is 2.72 bits per heavy atom. The maximum absolute atomic E-state index is 14.0. The van der Waals surface area contributed by atoms with Gasteiger partial charge in [0.05, 0.1) is 36.8 Å². The number of nitrogens with zero attached hydrogens (tertiary/aromatic N) is 3. The van der Waals surface area contributed by atoms with Crippen molar-refractivity contribution in [2.45, 2.75) is 81.9 Å². The summed E-state index contributed by atoms with van der Waals surface area (Å²) in [4.78, 5) is 34.5. The highest BCUT2D eigenvalue weighted by atomic mass is 35.5. The first kappa shape index (κ1) is 36.8. The number of hydrogen-bond donors (Lipinski definition) is 1. The molecule has 2 aliphatic carbocycles. The van der Waals surface area contributed by atoms with Crippen LogP contribution in [0.1, 0.15) is 80.3 Å². The number of nitrogens with one attached hydrogen (secondary N) is 1. The van der Waals surface area contributed by atoms with Crippen molar-refractivity contribution in [1.82, 2.24) is 14.5 Å². The predicted molar refractivity (Wildman–Crippen MR) is 206 cm³/mol. The standard InChI is InChI=1S/C41H53ClN4O6S/c1-27-5-3-6-29(21-39(47)45-16-15-44-17-18-51-24-34(44)23-45)35-11-8-32(35)22-46-25-41(14-4-7-30-19-33(42)10-12-36(30)41)26-52-38-13-9-31(20-37(38)46)40(48)43-53(49,50)28(27)2/h9-10,12-13,19-21,27-28,32,34-35H,3-8,11,14-18,22-26H2,1-2H3,(H,43,48)/b29-21-/t27-,28+,32-,34+,35-,41-/m0/s1. The third kappa shape index (κ3) is 7.35. The molecule has 0 unspecified atom stereocenters. The van der Waals surface area contributed by atoms with Gasteiger partial charge in [0.2, 0.25) is 15.9 Å². The van der Waals surface area contributed by atoms with Gasteiger partial charge >= 0.3 is 0 Å². The van der Waals surface area contributed by atoms with E-state index in [9.17, 15) is 18.0 Å². The van der Waals surface area contributed by atoms with Crippen LogP contribution in [-0.4, -0.2) is 100 Å². The van der Waals surface area contributed by atoms with Gasteiger partial charge in [0, 0.05) is 61.3 Å². The largest absolute Gasteiger partial charge is 0.490 e. The first-order chi connectivity index (χ1) is 25.5. The van der Waals surface area contributed by atoms with Crippen molar-refractivity contribution >= 4 is 39.1 Å². The molecule has 0 radical (unpaired) electrons. The lowest BCUT2D eigenvalue weighted by molar-refractivity contribution is -0.131. The number of benzene rings is 2. The zero-order chi connectivity index (χ0) is 36.9. The quantitative estimate of drug-likeness (QED) is 0.376.